The van der Waals surface area contributed by atoms with E-state index in [1.807, 2.05) is 24.3 Å². The van der Waals surface area contributed by atoms with Crippen molar-refractivity contribution in [3.05, 3.63) is 48.5 Å². The third-order valence-electron chi connectivity index (χ3n) is 3.43. The fourth-order valence-corrected chi connectivity index (χ4v) is 3.65. The Bertz CT molecular complexity index is 965. The summed E-state index contributed by atoms with van der Waals surface area (Å²) in [5.41, 5.74) is 2.46. The van der Waals surface area contributed by atoms with Crippen LogP contribution in [-0.2, 0) is 14.6 Å². The number of nitrogens with one attached hydrogen (secondary N) is 1. The highest BCUT2D eigenvalue weighted by molar-refractivity contribution is 7.92. The van der Waals surface area contributed by atoms with Crippen molar-refractivity contribution in [2.24, 2.45) is 0 Å². The van der Waals surface area contributed by atoms with Crippen molar-refractivity contribution in [2.75, 3.05) is 5.75 Å². The van der Waals surface area contributed by atoms with Crippen molar-refractivity contribution in [3.8, 4) is 22.5 Å². The molecule has 1 N–H and O–H groups in total. The van der Waals surface area contributed by atoms with Gasteiger partial charge in [0.25, 0.3) is 0 Å². The van der Waals surface area contributed by atoms with Crippen LogP contribution in [0.1, 0.15) is 6.92 Å². The first-order valence-corrected chi connectivity index (χ1v) is 8.78. The Morgan fingerprint density at radius 2 is 1.71 bits per heavy atom. The molecule has 2 aromatic carbocycles. The van der Waals surface area contributed by atoms with Gasteiger partial charge in [0.1, 0.15) is 11.5 Å². The lowest BCUT2D eigenvalue weighted by molar-refractivity contribution is -0.114. The lowest BCUT2D eigenvalue weighted by Crippen LogP contribution is -2.13. The maximum Gasteiger partial charge on any atom is 0.205 e. The Balaban J connectivity index is 2.00. The minimum atomic E-state index is -3.60. The number of carbonyl (C=O) groups excluding carboxylic acids is 1. The highest BCUT2D eigenvalue weighted by Crippen LogP contribution is 2.30. The molecule has 0 aliphatic heterocycles. The minimum Gasteiger partial charge on any atom is -0.299 e. The van der Waals surface area contributed by atoms with E-state index in [0.717, 1.165) is 16.7 Å². The third-order valence-corrected chi connectivity index (χ3v) is 5.21. The maximum atomic E-state index is 12.1. The number of ketones is 1. The van der Waals surface area contributed by atoms with Crippen molar-refractivity contribution >= 4 is 15.6 Å². The van der Waals surface area contributed by atoms with Gasteiger partial charge >= 0.3 is 0 Å². The first-order chi connectivity index (χ1) is 11.5. The zero-order chi connectivity index (χ0) is 17.2. The fraction of sp³-hybridized carbons (Fsp3) is 0.125. The Kier molecular flexibility index (Phi) is 4.22. The number of nitrogens with zero attached hydrogens (tertiary/aromatic N) is 3. The quantitative estimate of drug-likeness (QED) is 0.759. The average Bonchev–Trinajstić information content (AvgIpc) is 3.08. The standard InChI is InChI=1S/C16H14N4O3S/c1-11(21)10-24(22,23)13-8-6-12(7-9-13)14-4-2-3-5-15(14)16-17-19-20-18-16/h2-9H,10H2,1H3,(H,17,18,19,20). The monoisotopic (exact) mass is 342 g/mol. The van der Waals surface area contributed by atoms with Crippen LogP contribution < -0.4 is 0 Å². The molecule has 0 fully saturated rings. The van der Waals surface area contributed by atoms with Crippen LogP contribution in [0.3, 0.4) is 0 Å². The van der Waals surface area contributed by atoms with E-state index in [1.54, 1.807) is 12.1 Å². The third kappa shape index (κ3) is 3.23. The number of H-pyrrole nitrogens is 1. The summed E-state index contributed by atoms with van der Waals surface area (Å²) in [6, 6.07) is 13.9. The molecule has 8 heteroatoms. The molecule has 0 aliphatic carbocycles. The highest BCUT2D eigenvalue weighted by Gasteiger charge is 2.17. The summed E-state index contributed by atoms with van der Waals surface area (Å²) >= 11 is 0. The molecule has 1 aromatic heterocycles. The first-order valence-electron chi connectivity index (χ1n) is 7.13. The Morgan fingerprint density at radius 1 is 1.04 bits per heavy atom. The van der Waals surface area contributed by atoms with Crippen molar-refractivity contribution < 1.29 is 13.2 Å². The summed E-state index contributed by atoms with van der Waals surface area (Å²) in [7, 11) is -3.60. The number of tetrazole rings is 1. The number of Topliss-reactive ketones (excluding diaryl/α,β-unsaturated/α-hetero) is 1. The van der Waals surface area contributed by atoms with Crippen LogP contribution in [0.5, 0.6) is 0 Å². The number of carbonyl (C=O) groups is 1. The van der Waals surface area contributed by atoms with E-state index >= 15 is 0 Å². The van der Waals surface area contributed by atoms with Gasteiger partial charge in [-0.1, -0.05) is 36.4 Å². The first kappa shape index (κ1) is 16.0. The molecule has 0 saturated heterocycles. The predicted molar refractivity (Wildman–Crippen MR) is 87.8 cm³/mol. The van der Waals surface area contributed by atoms with Crippen molar-refractivity contribution in [1.82, 2.24) is 20.6 Å². The van der Waals surface area contributed by atoms with E-state index < -0.39 is 15.6 Å². The molecule has 0 unspecified atom stereocenters. The predicted octanol–water partition coefficient (Wildman–Crippen LogP) is 1.90. The van der Waals surface area contributed by atoms with Crippen molar-refractivity contribution in [3.63, 3.8) is 0 Å². The highest BCUT2D eigenvalue weighted by atomic mass is 32.2. The van der Waals surface area contributed by atoms with Gasteiger partial charge in [-0.15, -0.1) is 10.2 Å². The molecule has 1 heterocycles. The van der Waals surface area contributed by atoms with E-state index in [2.05, 4.69) is 20.6 Å². The van der Waals surface area contributed by atoms with Crippen molar-refractivity contribution in [1.29, 1.82) is 0 Å². The van der Waals surface area contributed by atoms with Gasteiger partial charge in [-0.05, 0) is 35.4 Å². The summed E-state index contributed by atoms with van der Waals surface area (Å²) in [5, 5.41) is 13.9. The maximum absolute atomic E-state index is 12.1. The van der Waals surface area contributed by atoms with Gasteiger partial charge in [-0.3, -0.25) is 4.79 Å². The molecule has 0 radical (unpaired) electrons. The van der Waals surface area contributed by atoms with Crippen LogP contribution in [0, 0.1) is 0 Å². The van der Waals surface area contributed by atoms with Gasteiger partial charge in [-0.2, -0.15) is 5.21 Å². The number of aromatic amines is 1. The van der Waals surface area contributed by atoms with Gasteiger partial charge in [0.2, 0.25) is 5.82 Å². The van der Waals surface area contributed by atoms with Gasteiger partial charge < -0.3 is 0 Å². The second-order valence-corrected chi connectivity index (χ2v) is 7.26. The smallest absolute Gasteiger partial charge is 0.205 e. The van der Waals surface area contributed by atoms with Crippen LogP contribution in [0.15, 0.2) is 53.4 Å². The molecule has 24 heavy (non-hydrogen) atoms. The second-order valence-electron chi connectivity index (χ2n) is 5.27. The zero-order valence-corrected chi connectivity index (χ0v) is 13.6. The topological polar surface area (TPSA) is 106 Å². The van der Waals surface area contributed by atoms with E-state index in [0.29, 0.717) is 5.82 Å². The summed E-state index contributed by atoms with van der Waals surface area (Å²) in [5.74, 6) is -0.424. The van der Waals surface area contributed by atoms with E-state index in [9.17, 15) is 13.2 Å². The number of sulfone groups is 1. The largest absolute Gasteiger partial charge is 0.299 e. The van der Waals surface area contributed by atoms with Gasteiger partial charge in [-0.25, -0.2) is 8.42 Å². The molecule has 122 valence electrons. The molecule has 3 aromatic rings. The number of aromatic nitrogens is 4. The summed E-state index contributed by atoms with van der Waals surface area (Å²) in [6.07, 6.45) is 0. The van der Waals surface area contributed by atoms with Crippen LogP contribution >= 0.6 is 0 Å². The number of hydrogen-bond acceptors (Lipinski definition) is 6. The average molecular weight is 342 g/mol. The van der Waals surface area contributed by atoms with Crippen molar-refractivity contribution in [2.45, 2.75) is 11.8 Å². The molecule has 0 bridgehead atoms. The van der Waals surface area contributed by atoms with E-state index in [4.69, 9.17) is 0 Å². The lowest BCUT2D eigenvalue weighted by atomic mass is 9.99. The molecule has 0 amide bonds. The molecular formula is C16H14N4O3S. The Labute approximate surface area is 138 Å². The summed E-state index contributed by atoms with van der Waals surface area (Å²) < 4.78 is 24.2. The van der Waals surface area contributed by atoms with Gasteiger partial charge in [0.05, 0.1) is 4.90 Å². The van der Waals surface area contributed by atoms with E-state index in [1.165, 1.54) is 19.1 Å². The molecule has 0 spiro atoms. The van der Waals surface area contributed by atoms with Gasteiger partial charge in [0.15, 0.2) is 9.84 Å². The molecule has 3 rings (SSSR count). The molecule has 0 aliphatic rings. The molecular weight excluding hydrogens is 328 g/mol. The zero-order valence-electron chi connectivity index (χ0n) is 12.8. The second kappa shape index (κ2) is 6.32. The van der Waals surface area contributed by atoms with Crippen LogP contribution in [0.4, 0.5) is 0 Å². The van der Waals surface area contributed by atoms with Crippen LogP contribution in [0.25, 0.3) is 22.5 Å². The molecule has 0 atom stereocenters. The Morgan fingerprint density at radius 3 is 2.29 bits per heavy atom. The lowest BCUT2D eigenvalue weighted by Gasteiger charge is -2.08. The molecule has 7 nitrogen and oxygen atoms in total. The summed E-state index contributed by atoms with van der Waals surface area (Å²) in [4.78, 5) is 11.2. The number of benzene rings is 2. The van der Waals surface area contributed by atoms with Crippen LogP contribution in [-0.4, -0.2) is 40.6 Å². The van der Waals surface area contributed by atoms with Crippen LogP contribution in [0.2, 0.25) is 0 Å². The normalized spacial score (nSPS) is 11.4. The fourth-order valence-electron chi connectivity index (χ4n) is 2.40. The minimum absolute atomic E-state index is 0.124. The SMILES string of the molecule is CC(=O)CS(=O)(=O)c1ccc(-c2ccccc2-c2nn[nH]n2)cc1. The number of hydrogen-bond donors (Lipinski definition) is 1. The number of rotatable bonds is 5. The molecule has 0 saturated carbocycles. The van der Waals surface area contributed by atoms with E-state index in [-0.39, 0.29) is 10.7 Å². The Hall–Kier alpha value is -2.87. The van der Waals surface area contributed by atoms with Gasteiger partial charge in [0, 0.05) is 5.56 Å². The summed E-state index contributed by atoms with van der Waals surface area (Å²) in [6.45, 7) is 1.26.